The van der Waals surface area contributed by atoms with E-state index in [2.05, 4.69) is 66.8 Å². The number of aliphatic hydroxyl groups is 1. The van der Waals surface area contributed by atoms with Crippen molar-refractivity contribution in [1.29, 1.82) is 0 Å². The van der Waals surface area contributed by atoms with E-state index < -0.39 is 0 Å². The van der Waals surface area contributed by atoms with Crippen molar-refractivity contribution in [3.63, 3.8) is 0 Å². The molecule has 1 aromatic carbocycles. The molecule has 114 valence electrons. The first-order chi connectivity index (χ1) is 9.94. The van der Waals surface area contributed by atoms with Crippen LogP contribution in [0.5, 0.6) is 0 Å². The predicted octanol–water partition coefficient (Wildman–Crippen LogP) is 5.11. The zero-order valence-electron chi connectivity index (χ0n) is 13.0. The normalized spacial score (nSPS) is 36.0. The van der Waals surface area contributed by atoms with Gasteiger partial charge in [-0.25, -0.2) is 0 Å². The Bertz CT molecular complexity index is 564. The Hall–Kier alpha value is -0.350. The van der Waals surface area contributed by atoms with Crippen molar-refractivity contribution in [2.45, 2.75) is 58.5 Å². The van der Waals surface area contributed by atoms with E-state index in [9.17, 15) is 5.11 Å². The summed E-state index contributed by atoms with van der Waals surface area (Å²) in [5.41, 5.74) is 3.17. The molecule has 1 unspecified atom stereocenters. The van der Waals surface area contributed by atoms with Crippen LogP contribution < -0.4 is 0 Å². The van der Waals surface area contributed by atoms with Gasteiger partial charge in [-0.15, -0.1) is 0 Å². The largest absolute Gasteiger partial charge is 0.392 e. The van der Waals surface area contributed by atoms with Gasteiger partial charge in [0.15, 0.2) is 0 Å². The molecule has 0 aliphatic heterocycles. The molecular formula is C19H25IO. The van der Waals surface area contributed by atoms with Crippen molar-refractivity contribution in [3.05, 3.63) is 45.0 Å². The lowest BCUT2D eigenvalue weighted by Gasteiger charge is -2.52. The van der Waals surface area contributed by atoms with Crippen molar-refractivity contribution < 1.29 is 5.11 Å². The number of rotatable bonds is 2. The molecule has 2 heteroatoms. The molecule has 0 saturated heterocycles. The molecule has 0 aromatic heterocycles. The van der Waals surface area contributed by atoms with E-state index in [-0.39, 0.29) is 16.9 Å². The second kappa shape index (κ2) is 5.69. The van der Waals surface area contributed by atoms with Gasteiger partial charge in [0.1, 0.15) is 0 Å². The Kier molecular flexibility index (Phi) is 4.21. The molecule has 3 atom stereocenters. The molecule has 0 amide bonds. The first-order valence-corrected chi connectivity index (χ1v) is 9.16. The Morgan fingerprint density at radius 1 is 1.29 bits per heavy atom. The van der Waals surface area contributed by atoms with Crippen LogP contribution >= 0.6 is 22.6 Å². The lowest BCUT2D eigenvalue weighted by Crippen LogP contribution is -2.46. The van der Waals surface area contributed by atoms with Gasteiger partial charge in [-0.1, -0.05) is 44.1 Å². The van der Waals surface area contributed by atoms with Gasteiger partial charge in [0.25, 0.3) is 0 Å². The van der Waals surface area contributed by atoms with Crippen molar-refractivity contribution >= 4 is 22.6 Å². The lowest BCUT2D eigenvalue weighted by atomic mass is 9.54. The minimum absolute atomic E-state index is 0.00713. The molecule has 2 aliphatic rings. The summed E-state index contributed by atoms with van der Waals surface area (Å²) in [5, 5.41) is 10.6. The summed E-state index contributed by atoms with van der Waals surface area (Å²) in [5.74, 6) is 0. The van der Waals surface area contributed by atoms with E-state index >= 15 is 0 Å². The highest BCUT2D eigenvalue weighted by atomic mass is 127. The van der Waals surface area contributed by atoms with Crippen LogP contribution in [0.3, 0.4) is 0 Å². The zero-order chi connectivity index (χ0) is 15.1. The molecule has 0 heterocycles. The molecule has 1 aromatic rings. The standard InChI is InChI=1S/C19H25IO/c1-18(13-14-6-3-7-15(20)12-14)10-5-11-19(2)16(18)8-4-9-17(19)21/h3,6-8,12,17,21H,4-5,9-11,13H2,1-2H3/t17-,18?,19-/m0/s1. The van der Waals surface area contributed by atoms with Crippen LogP contribution in [0.4, 0.5) is 0 Å². The third-order valence-electron chi connectivity index (χ3n) is 5.70. The number of halogens is 1. The third-order valence-corrected chi connectivity index (χ3v) is 6.37. The van der Waals surface area contributed by atoms with Gasteiger partial charge in [-0.2, -0.15) is 0 Å². The van der Waals surface area contributed by atoms with Crippen molar-refractivity contribution in [2.24, 2.45) is 10.8 Å². The minimum atomic E-state index is -0.159. The molecule has 0 bridgehead atoms. The number of hydrogen-bond donors (Lipinski definition) is 1. The summed E-state index contributed by atoms with van der Waals surface area (Å²) in [6.07, 6.45) is 8.96. The van der Waals surface area contributed by atoms with Crippen LogP contribution in [-0.4, -0.2) is 11.2 Å². The first kappa shape index (κ1) is 15.5. The fourth-order valence-electron chi connectivity index (χ4n) is 4.62. The van der Waals surface area contributed by atoms with Gasteiger partial charge in [-0.05, 0) is 77.8 Å². The van der Waals surface area contributed by atoms with Crippen molar-refractivity contribution in [1.82, 2.24) is 0 Å². The van der Waals surface area contributed by atoms with E-state index in [1.165, 1.54) is 27.5 Å². The SMILES string of the molecule is CC1(Cc2cccc(I)c2)CCC[C@@]2(C)C1=CCC[C@@H]2O. The number of allylic oxidation sites excluding steroid dienone is 1. The van der Waals surface area contributed by atoms with Gasteiger partial charge in [0.2, 0.25) is 0 Å². The highest BCUT2D eigenvalue weighted by molar-refractivity contribution is 14.1. The minimum Gasteiger partial charge on any atom is -0.392 e. The molecule has 1 N–H and O–H groups in total. The van der Waals surface area contributed by atoms with Gasteiger partial charge >= 0.3 is 0 Å². The Morgan fingerprint density at radius 2 is 2.10 bits per heavy atom. The van der Waals surface area contributed by atoms with Crippen LogP contribution in [0.2, 0.25) is 0 Å². The summed E-state index contributed by atoms with van der Waals surface area (Å²) >= 11 is 2.39. The number of fused-ring (bicyclic) bond motifs is 1. The third kappa shape index (κ3) is 2.81. The quantitative estimate of drug-likeness (QED) is 0.544. The van der Waals surface area contributed by atoms with Gasteiger partial charge in [0, 0.05) is 8.99 Å². The van der Waals surface area contributed by atoms with E-state index in [0.29, 0.717) is 0 Å². The molecule has 1 saturated carbocycles. The maximum Gasteiger partial charge on any atom is 0.0634 e. The number of benzene rings is 1. The van der Waals surface area contributed by atoms with Crippen molar-refractivity contribution in [3.8, 4) is 0 Å². The summed E-state index contributed by atoms with van der Waals surface area (Å²) in [6.45, 7) is 4.70. The lowest BCUT2D eigenvalue weighted by molar-refractivity contribution is 0.00758. The molecule has 21 heavy (non-hydrogen) atoms. The molecule has 1 fully saturated rings. The molecule has 0 radical (unpaired) electrons. The summed E-state index contributed by atoms with van der Waals surface area (Å²) in [4.78, 5) is 0. The fraction of sp³-hybridized carbons (Fsp3) is 0.579. The molecular weight excluding hydrogens is 371 g/mol. The summed E-state index contributed by atoms with van der Waals surface area (Å²) in [7, 11) is 0. The first-order valence-electron chi connectivity index (χ1n) is 8.08. The average molecular weight is 396 g/mol. The van der Waals surface area contributed by atoms with Crippen LogP contribution in [0, 0.1) is 14.4 Å². The second-order valence-corrected chi connectivity index (χ2v) is 8.59. The predicted molar refractivity (Wildman–Crippen MR) is 96.3 cm³/mol. The maximum atomic E-state index is 10.6. The summed E-state index contributed by atoms with van der Waals surface area (Å²) < 4.78 is 1.31. The van der Waals surface area contributed by atoms with E-state index in [1.807, 2.05) is 0 Å². The monoisotopic (exact) mass is 396 g/mol. The van der Waals surface area contributed by atoms with Crippen LogP contribution in [0.15, 0.2) is 35.9 Å². The number of aliphatic hydroxyl groups excluding tert-OH is 1. The second-order valence-electron chi connectivity index (χ2n) is 7.35. The van der Waals surface area contributed by atoms with Crippen molar-refractivity contribution in [2.75, 3.05) is 0 Å². The molecule has 3 rings (SSSR count). The van der Waals surface area contributed by atoms with Crippen LogP contribution in [0.1, 0.15) is 51.5 Å². The highest BCUT2D eigenvalue weighted by Crippen LogP contribution is 2.56. The van der Waals surface area contributed by atoms with E-state index in [1.54, 1.807) is 0 Å². The topological polar surface area (TPSA) is 20.2 Å². The summed E-state index contributed by atoms with van der Waals surface area (Å²) in [6, 6.07) is 8.87. The Balaban J connectivity index is 1.94. The van der Waals surface area contributed by atoms with Gasteiger partial charge < -0.3 is 5.11 Å². The zero-order valence-corrected chi connectivity index (χ0v) is 15.2. The fourth-order valence-corrected chi connectivity index (χ4v) is 5.22. The van der Waals surface area contributed by atoms with Crippen LogP contribution in [0.25, 0.3) is 0 Å². The van der Waals surface area contributed by atoms with Gasteiger partial charge in [0.05, 0.1) is 6.10 Å². The average Bonchev–Trinajstić information content (AvgIpc) is 2.41. The highest BCUT2D eigenvalue weighted by Gasteiger charge is 2.48. The smallest absolute Gasteiger partial charge is 0.0634 e. The Morgan fingerprint density at radius 3 is 2.86 bits per heavy atom. The van der Waals surface area contributed by atoms with Gasteiger partial charge in [-0.3, -0.25) is 0 Å². The van der Waals surface area contributed by atoms with E-state index in [0.717, 1.165) is 25.7 Å². The molecule has 2 aliphatic carbocycles. The molecule has 1 nitrogen and oxygen atoms in total. The van der Waals surface area contributed by atoms with E-state index in [4.69, 9.17) is 0 Å². The van der Waals surface area contributed by atoms with Crippen LogP contribution in [-0.2, 0) is 6.42 Å². The number of hydrogen-bond acceptors (Lipinski definition) is 1. The maximum absolute atomic E-state index is 10.6. The Labute approximate surface area is 142 Å². The molecule has 0 spiro atoms.